The Morgan fingerprint density at radius 2 is 2.37 bits per heavy atom. The average Bonchev–Trinajstić information content (AvgIpc) is 2.91. The number of aliphatic hydroxyl groups is 1. The summed E-state index contributed by atoms with van der Waals surface area (Å²) in [6.07, 6.45) is 4.03. The van der Waals surface area contributed by atoms with Gasteiger partial charge in [-0.05, 0) is 25.0 Å². The largest absolute Gasteiger partial charge is 0.497 e. The van der Waals surface area contributed by atoms with Crippen molar-refractivity contribution in [1.29, 1.82) is 0 Å². The van der Waals surface area contributed by atoms with Crippen LogP contribution >= 0.6 is 0 Å². The summed E-state index contributed by atoms with van der Waals surface area (Å²) in [4.78, 5) is 4.54. The molecule has 3 rings (SSSR count). The maximum Gasteiger partial charge on any atom is 0.140 e. The van der Waals surface area contributed by atoms with E-state index in [1.165, 1.54) is 0 Å². The average molecular weight is 258 g/mol. The van der Waals surface area contributed by atoms with Gasteiger partial charge in [0.2, 0.25) is 0 Å². The summed E-state index contributed by atoms with van der Waals surface area (Å²) in [6, 6.07) is 7.95. The van der Waals surface area contributed by atoms with Crippen LogP contribution in [-0.4, -0.2) is 28.4 Å². The molecule has 2 aromatic rings. The van der Waals surface area contributed by atoms with Crippen LogP contribution in [0.3, 0.4) is 0 Å². The smallest absolute Gasteiger partial charge is 0.140 e. The molecular weight excluding hydrogens is 240 g/mol. The zero-order valence-corrected chi connectivity index (χ0v) is 11.0. The highest BCUT2D eigenvalue weighted by atomic mass is 16.5. The summed E-state index contributed by atoms with van der Waals surface area (Å²) in [7, 11) is 1.67. The summed E-state index contributed by atoms with van der Waals surface area (Å²) < 4.78 is 7.48. The van der Waals surface area contributed by atoms with Gasteiger partial charge in [-0.15, -0.1) is 0 Å². The molecule has 0 aliphatic carbocycles. The lowest BCUT2D eigenvalue weighted by atomic mass is 9.97. The van der Waals surface area contributed by atoms with Gasteiger partial charge in [0.1, 0.15) is 11.6 Å². The van der Waals surface area contributed by atoms with Crippen LogP contribution in [0.5, 0.6) is 5.75 Å². The van der Waals surface area contributed by atoms with Gasteiger partial charge in [-0.1, -0.05) is 12.1 Å². The second kappa shape index (κ2) is 5.05. The summed E-state index contributed by atoms with van der Waals surface area (Å²) in [5.74, 6) is 2.03. The standard InChI is InChI=1S/C15H18N2O2/c1-19-13-6-2-4-11(8-13)15-16-9-14-12(10-18)5-3-7-17(14)15/h2,4,6,8-9,12,18H,3,5,7,10H2,1H3. The molecule has 1 N–H and O–H groups in total. The number of nitrogens with zero attached hydrogens (tertiary/aromatic N) is 2. The minimum absolute atomic E-state index is 0.198. The molecule has 0 saturated heterocycles. The molecule has 1 aromatic carbocycles. The fourth-order valence-electron chi connectivity index (χ4n) is 2.77. The van der Waals surface area contributed by atoms with Crippen LogP contribution in [0.4, 0.5) is 0 Å². The lowest BCUT2D eigenvalue weighted by molar-refractivity contribution is 0.241. The van der Waals surface area contributed by atoms with Crippen molar-refractivity contribution in [3.63, 3.8) is 0 Å². The third-order valence-electron chi connectivity index (χ3n) is 3.79. The summed E-state index contributed by atoms with van der Waals surface area (Å²) in [5.41, 5.74) is 2.20. The third kappa shape index (κ3) is 2.12. The van der Waals surface area contributed by atoms with Gasteiger partial charge < -0.3 is 14.4 Å². The van der Waals surface area contributed by atoms with Crippen molar-refractivity contribution in [2.45, 2.75) is 25.3 Å². The zero-order chi connectivity index (χ0) is 13.2. The molecule has 1 aliphatic heterocycles. The van der Waals surface area contributed by atoms with Crippen molar-refractivity contribution in [3.8, 4) is 17.1 Å². The highest BCUT2D eigenvalue weighted by Crippen LogP contribution is 2.32. The Morgan fingerprint density at radius 1 is 1.47 bits per heavy atom. The van der Waals surface area contributed by atoms with Crippen LogP contribution < -0.4 is 4.74 Å². The molecule has 4 heteroatoms. The van der Waals surface area contributed by atoms with Gasteiger partial charge in [0.15, 0.2) is 0 Å². The molecule has 0 spiro atoms. The Bertz CT molecular complexity index is 577. The van der Waals surface area contributed by atoms with Gasteiger partial charge in [-0.2, -0.15) is 0 Å². The summed E-state index contributed by atoms with van der Waals surface area (Å²) in [6.45, 7) is 1.17. The van der Waals surface area contributed by atoms with Crippen LogP contribution in [0, 0.1) is 0 Å². The number of rotatable bonds is 3. The number of benzene rings is 1. The van der Waals surface area contributed by atoms with E-state index < -0.39 is 0 Å². The van der Waals surface area contributed by atoms with Crippen LogP contribution in [0.25, 0.3) is 11.4 Å². The first kappa shape index (κ1) is 12.2. The quantitative estimate of drug-likeness (QED) is 0.919. The molecule has 0 radical (unpaired) electrons. The SMILES string of the molecule is COc1cccc(-c2ncc3n2CCCC3CO)c1. The molecular formula is C15H18N2O2. The third-order valence-corrected chi connectivity index (χ3v) is 3.79. The van der Waals surface area contributed by atoms with Crippen molar-refractivity contribution in [3.05, 3.63) is 36.2 Å². The first-order valence-corrected chi connectivity index (χ1v) is 6.64. The van der Waals surface area contributed by atoms with Crippen molar-refractivity contribution < 1.29 is 9.84 Å². The molecule has 0 bridgehead atoms. The molecule has 1 aromatic heterocycles. The minimum atomic E-state index is 0.198. The second-order valence-corrected chi connectivity index (χ2v) is 4.91. The number of hydrogen-bond donors (Lipinski definition) is 1. The number of imidazole rings is 1. The van der Waals surface area contributed by atoms with Crippen LogP contribution in [0.1, 0.15) is 24.5 Å². The number of aliphatic hydroxyl groups excluding tert-OH is 1. The van der Waals surface area contributed by atoms with Crippen molar-refractivity contribution in [2.24, 2.45) is 0 Å². The Morgan fingerprint density at radius 3 is 3.16 bits per heavy atom. The normalized spacial score (nSPS) is 18.1. The van der Waals surface area contributed by atoms with Gasteiger partial charge in [0.05, 0.1) is 13.7 Å². The fourth-order valence-corrected chi connectivity index (χ4v) is 2.77. The predicted octanol–water partition coefficient (Wildman–Crippen LogP) is 2.43. The van der Waals surface area contributed by atoms with Crippen LogP contribution in [0.15, 0.2) is 30.5 Å². The number of ether oxygens (including phenoxy) is 1. The molecule has 4 nitrogen and oxygen atoms in total. The van der Waals surface area contributed by atoms with E-state index in [-0.39, 0.29) is 12.5 Å². The monoisotopic (exact) mass is 258 g/mol. The number of aromatic nitrogens is 2. The van der Waals surface area contributed by atoms with Crippen molar-refractivity contribution in [1.82, 2.24) is 9.55 Å². The van der Waals surface area contributed by atoms with Gasteiger partial charge in [-0.3, -0.25) is 0 Å². The Balaban J connectivity index is 2.04. The number of hydrogen-bond acceptors (Lipinski definition) is 3. The Kier molecular flexibility index (Phi) is 3.25. The Hall–Kier alpha value is -1.81. The molecule has 1 unspecified atom stereocenters. The highest BCUT2D eigenvalue weighted by molar-refractivity contribution is 5.59. The first-order chi connectivity index (χ1) is 9.33. The number of fused-ring (bicyclic) bond motifs is 1. The first-order valence-electron chi connectivity index (χ1n) is 6.64. The van der Waals surface area contributed by atoms with Crippen LogP contribution in [0.2, 0.25) is 0 Å². The van der Waals surface area contributed by atoms with Gasteiger partial charge in [0.25, 0.3) is 0 Å². The summed E-state index contributed by atoms with van der Waals surface area (Å²) >= 11 is 0. The van der Waals surface area contributed by atoms with E-state index in [0.29, 0.717) is 0 Å². The minimum Gasteiger partial charge on any atom is -0.497 e. The Labute approximate surface area is 112 Å². The highest BCUT2D eigenvalue weighted by Gasteiger charge is 2.23. The van der Waals surface area contributed by atoms with E-state index in [9.17, 15) is 5.11 Å². The van der Waals surface area contributed by atoms with Gasteiger partial charge in [0, 0.05) is 29.9 Å². The fraction of sp³-hybridized carbons (Fsp3) is 0.400. The van der Waals surface area contributed by atoms with E-state index >= 15 is 0 Å². The molecule has 2 heterocycles. The van der Waals surface area contributed by atoms with Crippen LogP contribution in [-0.2, 0) is 6.54 Å². The number of methoxy groups -OCH3 is 1. The molecule has 0 fully saturated rings. The van der Waals surface area contributed by atoms with E-state index in [0.717, 1.165) is 42.2 Å². The van der Waals surface area contributed by atoms with E-state index in [1.54, 1.807) is 7.11 Å². The van der Waals surface area contributed by atoms with Crippen molar-refractivity contribution in [2.75, 3.05) is 13.7 Å². The second-order valence-electron chi connectivity index (χ2n) is 4.91. The molecule has 19 heavy (non-hydrogen) atoms. The van der Waals surface area contributed by atoms with E-state index in [4.69, 9.17) is 4.74 Å². The topological polar surface area (TPSA) is 47.3 Å². The molecule has 1 atom stereocenters. The lowest BCUT2D eigenvalue weighted by Gasteiger charge is -2.23. The van der Waals surface area contributed by atoms with E-state index in [2.05, 4.69) is 9.55 Å². The summed E-state index contributed by atoms with van der Waals surface area (Å²) in [5, 5.41) is 9.44. The van der Waals surface area contributed by atoms with Crippen molar-refractivity contribution >= 4 is 0 Å². The maximum absolute atomic E-state index is 9.44. The van der Waals surface area contributed by atoms with E-state index in [1.807, 2.05) is 30.5 Å². The zero-order valence-electron chi connectivity index (χ0n) is 11.0. The molecule has 0 saturated carbocycles. The van der Waals surface area contributed by atoms with Gasteiger partial charge in [-0.25, -0.2) is 4.98 Å². The molecule has 0 amide bonds. The maximum atomic E-state index is 9.44. The predicted molar refractivity (Wildman–Crippen MR) is 73.3 cm³/mol. The lowest BCUT2D eigenvalue weighted by Crippen LogP contribution is -2.18. The molecule has 1 aliphatic rings. The molecule has 100 valence electrons. The van der Waals surface area contributed by atoms with Gasteiger partial charge >= 0.3 is 0 Å².